The van der Waals surface area contributed by atoms with Crippen LogP contribution in [0.4, 0.5) is 0 Å². The maximum Gasteiger partial charge on any atom is 0.263 e. The monoisotopic (exact) mass is 351 g/mol. The first-order valence-corrected chi connectivity index (χ1v) is 9.16. The highest BCUT2D eigenvalue weighted by Crippen LogP contribution is 2.23. The Labute approximate surface area is 154 Å². The van der Waals surface area contributed by atoms with Crippen LogP contribution in [-0.2, 0) is 4.79 Å². The number of nitrogens with zero attached hydrogens (tertiary/aromatic N) is 1. The van der Waals surface area contributed by atoms with Crippen LogP contribution < -0.4 is 4.74 Å². The van der Waals surface area contributed by atoms with Crippen molar-refractivity contribution in [1.29, 1.82) is 0 Å². The Kier molecular flexibility index (Phi) is 5.71. The van der Waals surface area contributed by atoms with Crippen molar-refractivity contribution < 1.29 is 14.3 Å². The van der Waals surface area contributed by atoms with Crippen LogP contribution in [0.3, 0.4) is 0 Å². The highest BCUT2D eigenvalue weighted by molar-refractivity contribution is 5.98. The quantitative estimate of drug-likeness (QED) is 0.768. The van der Waals surface area contributed by atoms with Crippen LogP contribution in [0.5, 0.6) is 5.75 Å². The number of carbonyl (C=O) groups excluding carboxylic acids is 2. The molecule has 4 heteroatoms. The first-order valence-electron chi connectivity index (χ1n) is 9.16. The summed E-state index contributed by atoms with van der Waals surface area (Å²) in [6.07, 6.45) is 0.881. The molecule has 136 valence electrons. The normalized spacial score (nSPS) is 16.2. The summed E-state index contributed by atoms with van der Waals surface area (Å²) in [4.78, 5) is 27.0. The van der Waals surface area contributed by atoms with Crippen molar-refractivity contribution in [2.75, 3.05) is 13.1 Å². The number of hydrogen-bond donors (Lipinski definition) is 0. The highest BCUT2D eigenvalue weighted by atomic mass is 16.5. The lowest BCUT2D eigenvalue weighted by Crippen LogP contribution is -2.45. The molecule has 1 aliphatic rings. The van der Waals surface area contributed by atoms with Crippen molar-refractivity contribution >= 4 is 11.7 Å². The molecule has 1 saturated heterocycles. The first kappa shape index (κ1) is 18.2. The Bertz CT molecular complexity index is 764. The molecule has 4 nitrogen and oxygen atoms in total. The van der Waals surface area contributed by atoms with Gasteiger partial charge in [0, 0.05) is 24.6 Å². The number of aryl methyl sites for hydroxylation is 1. The number of carbonyl (C=O) groups is 2. The van der Waals surface area contributed by atoms with Gasteiger partial charge in [-0.25, -0.2) is 0 Å². The standard InChI is InChI=1S/C22H25NO3/c1-16-7-6-10-20(15-16)26-17(2)22(25)23-13-11-19(12-14-23)21(24)18-8-4-3-5-9-18/h3-10,15,17,19H,11-14H2,1-2H3. The van der Waals surface area contributed by atoms with E-state index in [2.05, 4.69) is 0 Å². The molecule has 1 aliphatic heterocycles. The highest BCUT2D eigenvalue weighted by Gasteiger charge is 2.30. The summed E-state index contributed by atoms with van der Waals surface area (Å²) in [5, 5.41) is 0. The molecule has 1 heterocycles. The molecule has 0 saturated carbocycles. The lowest BCUT2D eigenvalue weighted by atomic mass is 9.89. The Morgan fingerprint density at radius 2 is 1.73 bits per heavy atom. The average Bonchev–Trinajstić information content (AvgIpc) is 2.67. The van der Waals surface area contributed by atoms with Crippen molar-refractivity contribution in [1.82, 2.24) is 4.90 Å². The van der Waals surface area contributed by atoms with E-state index in [9.17, 15) is 9.59 Å². The third kappa shape index (κ3) is 4.31. The van der Waals surface area contributed by atoms with Gasteiger partial charge >= 0.3 is 0 Å². The van der Waals surface area contributed by atoms with Gasteiger partial charge in [-0.05, 0) is 44.4 Å². The molecule has 0 aliphatic carbocycles. The second kappa shape index (κ2) is 8.17. The first-order chi connectivity index (χ1) is 12.5. The Hall–Kier alpha value is -2.62. The molecule has 0 bridgehead atoms. The fraction of sp³-hybridized carbons (Fsp3) is 0.364. The number of ether oxygens (including phenoxy) is 1. The zero-order valence-corrected chi connectivity index (χ0v) is 15.4. The van der Waals surface area contributed by atoms with E-state index in [1.165, 1.54) is 0 Å². The summed E-state index contributed by atoms with van der Waals surface area (Å²) >= 11 is 0. The van der Waals surface area contributed by atoms with Crippen LogP contribution in [0.2, 0.25) is 0 Å². The summed E-state index contributed by atoms with van der Waals surface area (Å²) in [7, 11) is 0. The predicted molar refractivity (Wildman–Crippen MR) is 101 cm³/mol. The minimum atomic E-state index is -0.529. The fourth-order valence-corrected chi connectivity index (χ4v) is 3.40. The maximum atomic E-state index is 12.6. The minimum Gasteiger partial charge on any atom is -0.481 e. The number of ketones is 1. The fourth-order valence-electron chi connectivity index (χ4n) is 3.40. The third-order valence-electron chi connectivity index (χ3n) is 4.89. The molecule has 26 heavy (non-hydrogen) atoms. The molecule has 3 rings (SSSR count). The van der Waals surface area contributed by atoms with Crippen LogP contribution in [0.15, 0.2) is 54.6 Å². The minimum absolute atomic E-state index is 0.00514. The zero-order valence-electron chi connectivity index (χ0n) is 15.4. The van der Waals surface area contributed by atoms with Gasteiger partial charge < -0.3 is 9.64 Å². The van der Waals surface area contributed by atoms with Gasteiger partial charge in [0.25, 0.3) is 5.91 Å². The van der Waals surface area contributed by atoms with Gasteiger partial charge in [-0.1, -0.05) is 42.5 Å². The second-order valence-corrected chi connectivity index (χ2v) is 6.91. The van der Waals surface area contributed by atoms with E-state index in [4.69, 9.17) is 4.74 Å². The van der Waals surface area contributed by atoms with Crippen LogP contribution >= 0.6 is 0 Å². The second-order valence-electron chi connectivity index (χ2n) is 6.91. The van der Waals surface area contributed by atoms with Gasteiger partial charge in [-0.2, -0.15) is 0 Å². The van der Waals surface area contributed by atoms with Crippen LogP contribution in [-0.4, -0.2) is 35.8 Å². The van der Waals surface area contributed by atoms with Crippen LogP contribution in [0.25, 0.3) is 0 Å². The van der Waals surface area contributed by atoms with Crippen molar-refractivity contribution in [3.05, 3.63) is 65.7 Å². The SMILES string of the molecule is Cc1cccc(OC(C)C(=O)N2CCC(C(=O)c3ccccc3)CC2)c1. The van der Waals surface area contributed by atoms with Gasteiger partial charge in [0.05, 0.1) is 0 Å². The van der Waals surface area contributed by atoms with Crippen LogP contribution in [0, 0.1) is 12.8 Å². The van der Waals surface area contributed by atoms with Crippen molar-refractivity contribution in [3.63, 3.8) is 0 Å². The topological polar surface area (TPSA) is 46.6 Å². The number of Topliss-reactive ketones (excluding diaryl/α,β-unsaturated/α-hetero) is 1. The molecule has 1 fully saturated rings. The molecular formula is C22H25NO3. The molecular weight excluding hydrogens is 326 g/mol. The smallest absolute Gasteiger partial charge is 0.263 e. The van der Waals surface area contributed by atoms with Gasteiger partial charge in [0.15, 0.2) is 11.9 Å². The van der Waals surface area contributed by atoms with E-state index < -0.39 is 6.10 Å². The molecule has 0 radical (unpaired) electrons. The Balaban J connectivity index is 1.54. The molecule has 1 amide bonds. The summed E-state index contributed by atoms with van der Waals surface area (Å²) in [6, 6.07) is 17.1. The largest absolute Gasteiger partial charge is 0.481 e. The lowest BCUT2D eigenvalue weighted by Gasteiger charge is -2.33. The number of piperidine rings is 1. The summed E-state index contributed by atoms with van der Waals surface area (Å²) in [5.41, 5.74) is 1.86. The third-order valence-corrected chi connectivity index (χ3v) is 4.89. The van der Waals surface area contributed by atoms with Gasteiger partial charge in [0.2, 0.25) is 0 Å². The number of rotatable bonds is 5. The number of likely N-dealkylation sites (tertiary alicyclic amines) is 1. The Morgan fingerprint density at radius 3 is 2.38 bits per heavy atom. The van der Waals surface area contributed by atoms with E-state index in [1.54, 1.807) is 6.92 Å². The number of hydrogen-bond acceptors (Lipinski definition) is 3. The molecule has 0 N–H and O–H groups in total. The Morgan fingerprint density at radius 1 is 1.04 bits per heavy atom. The predicted octanol–water partition coefficient (Wildman–Crippen LogP) is 3.88. The maximum absolute atomic E-state index is 12.6. The van der Waals surface area contributed by atoms with Crippen LogP contribution in [0.1, 0.15) is 35.7 Å². The number of amides is 1. The van der Waals surface area contributed by atoms with Gasteiger partial charge in [0.1, 0.15) is 5.75 Å². The average molecular weight is 351 g/mol. The zero-order chi connectivity index (χ0) is 18.5. The molecule has 2 aromatic carbocycles. The molecule has 1 unspecified atom stereocenters. The van der Waals surface area contributed by atoms with E-state index in [0.29, 0.717) is 31.7 Å². The summed E-state index contributed by atoms with van der Waals surface area (Å²) in [5.74, 6) is 0.869. The number of benzene rings is 2. The van der Waals surface area contributed by atoms with E-state index in [-0.39, 0.29) is 17.6 Å². The van der Waals surface area contributed by atoms with E-state index >= 15 is 0 Å². The lowest BCUT2D eigenvalue weighted by molar-refractivity contribution is -0.139. The molecule has 1 atom stereocenters. The molecule has 0 aromatic heterocycles. The van der Waals surface area contributed by atoms with E-state index in [0.717, 1.165) is 11.1 Å². The van der Waals surface area contributed by atoms with Gasteiger partial charge in [-0.15, -0.1) is 0 Å². The van der Waals surface area contributed by atoms with Gasteiger partial charge in [-0.3, -0.25) is 9.59 Å². The summed E-state index contributed by atoms with van der Waals surface area (Å²) < 4.78 is 5.80. The van der Waals surface area contributed by atoms with E-state index in [1.807, 2.05) is 66.4 Å². The van der Waals surface area contributed by atoms with Crippen molar-refractivity contribution in [3.8, 4) is 5.75 Å². The molecule has 0 spiro atoms. The van der Waals surface area contributed by atoms with Crippen molar-refractivity contribution in [2.45, 2.75) is 32.8 Å². The summed E-state index contributed by atoms with van der Waals surface area (Å²) in [6.45, 7) is 4.98. The van der Waals surface area contributed by atoms with Crippen molar-refractivity contribution in [2.24, 2.45) is 5.92 Å². The molecule has 2 aromatic rings.